The molecule has 0 saturated carbocycles. The largest absolute Gasteiger partial charge is 0.372 e. The molecular formula is C21H24N4O2S2. The molecule has 0 radical (unpaired) electrons. The molecule has 1 aliphatic heterocycles. The molecular weight excluding hydrogens is 404 g/mol. The minimum absolute atomic E-state index is 0.0722. The van der Waals surface area contributed by atoms with E-state index in [1.165, 1.54) is 59.0 Å². The van der Waals surface area contributed by atoms with Crippen molar-refractivity contribution in [1.29, 1.82) is 0 Å². The van der Waals surface area contributed by atoms with Crippen molar-refractivity contribution in [3.63, 3.8) is 0 Å². The second-order valence-electron chi connectivity index (χ2n) is 7.18. The standard InChI is InChI=1S/C21H24N4O2S2/c1-24-20(27)19-17(10-13-28-19)23-21(24)29-14-18(26)22-15-6-8-16(9-7-15)25-11-4-2-3-5-12-25/h6-10,13H,2-5,11-12,14H2,1H3,(H,22,26). The summed E-state index contributed by atoms with van der Waals surface area (Å²) in [6, 6.07) is 9.88. The number of benzene rings is 1. The lowest BCUT2D eigenvalue weighted by atomic mass is 10.2. The molecule has 1 N–H and O–H groups in total. The first-order chi connectivity index (χ1) is 14.1. The van der Waals surface area contributed by atoms with Crippen LogP contribution < -0.4 is 15.8 Å². The summed E-state index contributed by atoms with van der Waals surface area (Å²) in [5, 5.41) is 5.33. The molecule has 0 aliphatic carbocycles. The van der Waals surface area contributed by atoms with Crippen LogP contribution in [0.4, 0.5) is 11.4 Å². The van der Waals surface area contributed by atoms with Gasteiger partial charge in [-0.25, -0.2) is 4.98 Å². The molecule has 3 aromatic rings. The Morgan fingerprint density at radius 3 is 2.59 bits per heavy atom. The van der Waals surface area contributed by atoms with Crippen molar-refractivity contribution in [2.24, 2.45) is 7.05 Å². The van der Waals surface area contributed by atoms with Gasteiger partial charge in [-0.2, -0.15) is 0 Å². The van der Waals surface area contributed by atoms with Crippen LogP contribution in [0.25, 0.3) is 10.2 Å². The van der Waals surface area contributed by atoms with Crippen molar-refractivity contribution in [2.45, 2.75) is 30.8 Å². The number of thioether (sulfide) groups is 1. The fourth-order valence-corrected chi connectivity index (χ4v) is 5.09. The number of thiophene rings is 1. The molecule has 0 spiro atoms. The molecule has 1 aromatic carbocycles. The average Bonchev–Trinajstić information content (AvgIpc) is 3.03. The second kappa shape index (κ2) is 9.00. The van der Waals surface area contributed by atoms with Gasteiger partial charge >= 0.3 is 0 Å². The Morgan fingerprint density at radius 1 is 1.14 bits per heavy atom. The summed E-state index contributed by atoms with van der Waals surface area (Å²) in [6.07, 6.45) is 5.09. The molecule has 1 saturated heterocycles. The van der Waals surface area contributed by atoms with Gasteiger partial charge in [0.05, 0.1) is 11.3 Å². The van der Waals surface area contributed by atoms with E-state index in [-0.39, 0.29) is 17.2 Å². The molecule has 8 heteroatoms. The third-order valence-corrected chi connectivity index (χ3v) is 7.02. The van der Waals surface area contributed by atoms with E-state index in [1.54, 1.807) is 7.05 Å². The predicted octanol–water partition coefficient (Wildman–Crippen LogP) is 4.11. The lowest BCUT2D eigenvalue weighted by Crippen LogP contribution is -2.23. The maximum Gasteiger partial charge on any atom is 0.271 e. The molecule has 1 amide bonds. The van der Waals surface area contributed by atoms with Crippen molar-refractivity contribution < 1.29 is 4.79 Å². The number of aromatic nitrogens is 2. The van der Waals surface area contributed by atoms with Crippen LogP contribution in [-0.2, 0) is 11.8 Å². The highest BCUT2D eigenvalue weighted by Crippen LogP contribution is 2.23. The molecule has 6 nitrogen and oxygen atoms in total. The summed E-state index contributed by atoms with van der Waals surface area (Å²) in [7, 11) is 1.69. The van der Waals surface area contributed by atoms with Crippen molar-refractivity contribution in [3.8, 4) is 0 Å². The maximum absolute atomic E-state index is 12.4. The van der Waals surface area contributed by atoms with Gasteiger partial charge in [0.2, 0.25) is 5.91 Å². The Kier molecular flexibility index (Phi) is 6.20. The Morgan fingerprint density at radius 2 is 1.86 bits per heavy atom. The third-order valence-electron chi connectivity index (χ3n) is 5.10. The van der Waals surface area contributed by atoms with E-state index < -0.39 is 0 Å². The Labute approximate surface area is 177 Å². The van der Waals surface area contributed by atoms with Crippen molar-refractivity contribution in [3.05, 3.63) is 46.1 Å². The molecule has 0 atom stereocenters. The molecule has 4 rings (SSSR count). The average molecular weight is 429 g/mol. The molecule has 1 aliphatic rings. The quantitative estimate of drug-likeness (QED) is 0.489. The number of hydrogen-bond donors (Lipinski definition) is 1. The highest BCUT2D eigenvalue weighted by molar-refractivity contribution is 7.99. The van der Waals surface area contributed by atoms with Gasteiger partial charge in [-0.15, -0.1) is 11.3 Å². The molecule has 1 fully saturated rings. The molecule has 0 unspecified atom stereocenters. The van der Waals surface area contributed by atoms with E-state index in [0.29, 0.717) is 15.4 Å². The van der Waals surface area contributed by atoms with E-state index in [9.17, 15) is 9.59 Å². The number of carbonyl (C=O) groups is 1. The van der Waals surface area contributed by atoms with Crippen molar-refractivity contribution >= 4 is 50.6 Å². The van der Waals surface area contributed by atoms with Crippen molar-refractivity contribution in [2.75, 3.05) is 29.1 Å². The fourth-order valence-electron chi connectivity index (χ4n) is 3.51. The van der Waals surface area contributed by atoms with Crippen LogP contribution in [0.5, 0.6) is 0 Å². The van der Waals surface area contributed by atoms with Gasteiger partial charge in [-0.3, -0.25) is 14.2 Å². The number of fused-ring (bicyclic) bond motifs is 1. The zero-order valence-corrected chi connectivity index (χ0v) is 18.0. The summed E-state index contributed by atoms with van der Waals surface area (Å²) in [4.78, 5) is 31.6. The summed E-state index contributed by atoms with van der Waals surface area (Å²) < 4.78 is 2.15. The van der Waals surface area contributed by atoms with Crippen LogP contribution in [0.2, 0.25) is 0 Å². The predicted molar refractivity (Wildman–Crippen MR) is 121 cm³/mol. The van der Waals surface area contributed by atoms with Gasteiger partial charge in [-0.1, -0.05) is 24.6 Å². The van der Waals surface area contributed by atoms with E-state index >= 15 is 0 Å². The van der Waals surface area contributed by atoms with Crippen LogP contribution in [0.1, 0.15) is 25.7 Å². The Balaban J connectivity index is 1.36. The lowest BCUT2D eigenvalue weighted by molar-refractivity contribution is -0.113. The van der Waals surface area contributed by atoms with Crippen LogP contribution in [0.15, 0.2) is 45.7 Å². The molecule has 3 heterocycles. The minimum atomic E-state index is -0.114. The lowest BCUT2D eigenvalue weighted by Gasteiger charge is -2.22. The number of amides is 1. The Hall–Kier alpha value is -2.32. The molecule has 152 valence electrons. The first-order valence-electron chi connectivity index (χ1n) is 9.84. The molecule has 0 bridgehead atoms. The van der Waals surface area contributed by atoms with E-state index in [2.05, 4.69) is 27.3 Å². The van der Waals surface area contributed by atoms with E-state index in [0.717, 1.165) is 18.8 Å². The Bertz CT molecular complexity index is 1050. The van der Waals surface area contributed by atoms with Gasteiger partial charge in [0.15, 0.2) is 5.16 Å². The van der Waals surface area contributed by atoms with Crippen molar-refractivity contribution in [1.82, 2.24) is 9.55 Å². The number of rotatable bonds is 5. The van der Waals surface area contributed by atoms with Gasteiger partial charge in [0.1, 0.15) is 4.70 Å². The van der Waals surface area contributed by atoms with Gasteiger partial charge < -0.3 is 10.2 Å². The number of hydrogen-bond acceptors (Lipinski definition) is 6. The first-order valence-corrected chi connectivity index (χ1v) is 11.7. The number of nitrogens with zero attached hydrogens (tertiary/aromatic N) is 3. The number of carbonyl (C=O) groups excluding carboxylic acids is 1. The van der Waals surface area contributed by atoms with E-state index in [4.69, 9.17) is 0 Å². The van der Waals surface area contributed by atoms with Crippen LogP contribution in [0.3, 0.4) is 0 Å². The monoisotopic (exact) mass is 428 g/mol. The van der Waals surface area contributed by atoms with E-state index in [1.807, 2.05) is 23.6 Å². The highest BCUT2D eigenvalue weighted by atomic mass is 32.2. The number of anilines is 2. The third kappa shape index (κ3) is 4.64. The van der Waals surface area contributed by atoms with Crippen LogP contribution >= 0.6 is 23.1 Å². The topological polar surface area (TPSA) is 67.2 Å². The molecule has 2 aromatic heterocycles. The van der Waals surface area contributed by atoms with Gasteiger partial charge in [-0.05, 0) is 48.6 Å². The van der Waals surface area contributed by atoms with Crippen LogP contribution in [-0.4, -0.2) is 34.3 Å². The summed E-state index contributed by atoms with van der Waals surface area (Å²) in [5.41, 5.74) is 2.61. The highest BCUT2D eigenvalue weighted by Gasteiger charge is 2.13. The zero-order chi connectivity index (χ0) is 20.2. The van der Waals surface area contributed by atoms with Gasteiger partial charge in [0, 0.05) is 31.5 Å². The number of nitrogens with one attached hydrogen (secondary N) is 1. The normalized spacial score (nSPS) is 14.7. The molecule has 29 heavy (non-hydrogen) atoms. The second-order valence-corrected chi connectivity index (χ2v) is 9.04. The summed E-state index contributed by atoms with van der Waals surface area (Å²) in [5.74, 6) is 0.0845. The minimum Gasteiger partial charge on any atom is -0.372 e. The maximum atomic E-state index is 12.4. The zero-order valence-electron chi connectivity index (χ0n) is 16.4. The summed E-state index contributed by atoms with van der Waals surface area (Å²) in [6.45, 7) is 2.20. The summed E-state index contributed by atoms with van der Waals surface area (Å²) >= 11 is 2.66. The first kappa shape index (κ1) is 20.0. The van der Waals surface area contributed by atoms with Gasteiger partial charge in [0.25, 0.3) is 5.56 Å². The SMILES string of the molecule is Cn1c(SCC(=O)Nc2ccc(N3CCCCCC3)cc2)nc2ccsc2c1=O. The van der Waals surface area contributed by atoms with Crippen LogP contribution in [0, 0.1) is 0 Å². The smallest absolute Gasteiger partial charge is 0.271 e. The fraction of sp³-hybridized carbons (Fsp3) is 0.381.